The van der Waals surface area contributed by atoms with Crippen molar-refractivity contribution in [1.82, 2.24) is 0 Å². The molecule has 0 fully saturated rings. The van der Waals surface area contributed by atoms with Gasteiger partial charge in [0.15, 0.2) is 0 Å². The van der Waals surface area contributed by atoms with E-state index >= 15 is 0 Å². The molecule has 2 atom stereocenters. The fourth-order valence-electron chi connectivity index (χ4n) is 1.02. The molecule has 0 aromatic rings. The second-order valence-corrected chi connectivity index (χ2v) is 4.58. The van der Waals surface area contributed by atoms with Crippen LogP contribution in [0.3, 0.4) is 0 Å². The van der Waals surface area contributed by atoms with E-state index in [0.29, 0.717) is 0 Å². The number of alkyl halides is 10. The smallest absolute Gasteiger partial charge is 0.308 e. The summed E-state index contributed by atoms with van der Waals surface area (Å²) in [5, 5.41) is 0. The molecule has 0 aromatic carbocycles. The van der Waals surface area contributed by atoms with Crippen molar-refractivity contribution in [2.45, 2.75) is 56.7 Å². The average molecular weight is 324 g/mol. The maximum atomic E-state index is 13.5. The van der Waals surface area contributed by atoms with Crippen LogP contribution in [-0.2, 0) is 4.74 Å². The van der Waals surface area contributed by atoms with Gasteiger partial charge in [-0.05, 0) is 20.8 Å². The molecule has 0 radical (unpaired) electrons. The van der Waals surface area contributed by atoms with Crippen molar-refractivity contribution in [3.8, 4) is 0 Å². The summed E-state index contributed by atoms with van der Waals surface area (Å²) in [6.45, 7) is 0.0683. The number of halogens is 10. The Morgan fingerprint density at radius 2 is 1.10 bits per heavy atom. The van der Waals surface area contributed by atoms with Crippen molar-refractivity contribution < 1.29 is 48.6 Å². The summed E-state index contributed by atoms with van der Waals surface area (Å²) in [6, 6.07) is 0. The second kappa shape index (κ2) is 4.92. The highest BCUT2D eigenvalue weighted by Gasteiger charge is 2.67. The van der Waals surface area contributed by atoms with Gasteiger partial charge in [-0.1, -0.05) is 0 Å². The van der Waals surface area contributed by atoms with E-state index in [9.17, 15) is 43.9 Å². The SMILES string of the molecule is CC(C)(OC(F)(F)C(F)C(F)(F)F)C(C)(F)C(F)(F)F. The maximum absolute atomic E-state index is 13.5. The quantitative estimate of drug-likeness (QED) is 0.689. The van der Waals surface area contributed by atoms with Gasteiger partial charge in [0.05, 0.1) is 0 Å². The van der Waals surface area contributed by atoms with E-state index in [1.165, 1.54) is 0 Å². The molecule has 0 aliphatic rings. The van der Waals surface area contributed by atoms with Crippen LogP contribution in [0.15, 0.2) is 0 Å². The van der Waals surface area contributed by atoms with Gasteiger partial charge in [0.2, 0.25) is 5.67 Å². The van der Waals surface area contributed by atoms with E-state index in [1.54, 1.807) is 0 Å². The zero-order valence-electron chi connectivity index (χ0n) is 10.3. The number of rotatable bonds is 4. The highest BCUT2D eigenvalue weighted by molar-refractivity contribution is 4.99. The minimum Gasteiger partial charge on any atom is -0.308 e. The largest absolute Gasteiger partial charge is 0.428 e. The van der Waals surface area contributed by atoms with Gasteiger partial charge in [-0.2, -0.15) is 35.1 Å². The molecule has 0 heterocycles. The molecule has 2 unspecified atom stereocenters. The fourth-order valence-corrected chi connectivity index (χ4v) is 1.02. The van der Waals surface area contributed by atoms with Gasteiger partial charge in [-0.3, -0.25) is 0 Å². The van der Waals surface area contributed by atoms with Gasteiger partial charge in [-0.25, -0.2) is 8.78 Å². The lowest BCUT2D eigenvalue weighted by Gasteiger charge is -2.41. The Balaban J connectivity index is 5.39. The van der Waals surface area contributed by atoms with Crippen LogP contribution in [0.5, 0.6) is 0 Å². The molecular weight excluding hydrogens is 314 g/mol. The lowest BCUT2D eigenvalue weighted by Crippen LogP contribution is -2.60. The molecule has 1 nitrogen and oxygen atoms in total. The summed E-state index contributed by atoms with van der Waals surface area (Å²) < 4.78 is 127. The van der Waals surface area contributed by atoms with Crippen molar-refractivity contribution in [3.05, 3.63) is 0 Å². The van der Waals surface area contributed by atoms with Crippen LogP contribution in [0.2, 0.25) is 0 Å². The van der Waals surface area contributed by atoms with Crippen LogP contribution in [0, 0.1) is 0 Å². The van der Waals surface area contributed by atoms with Crippen LogP contribution in [0.1, 0.15) is 20.8 Å². The van der Waals surface area contributed by atoms with Gasteiger partial charge in [0, 0.05) is 0 Å². The Morgan fingerprint density at radius 3 is 1.35 bits per heavy atom. The van der Waals surface area contributed by atoms with E-state index in [0.717, 1.165) is 0 Å². The zero-order valence-corrected chi connectivity index (χ0v) is 10.3. The second-order valence-electron chi connectivity index (χ2n) is 4.58. The third-order valence-electron chi connectivity index (χ3n) is 2.64. The predicted octanol–water partition coefficient (Wildman–Crippen LogP) is 4.57. The fraction of sp³-hybridized carbons (Fsp3) is 1.00. The number of ether oxygens (including phenoxy) is 1. The van der Waals surface area contributed by atoms with Crippen molar-refractivity contribution in [2.24, 2.45) is 0 Å². The summed E-state index contributed by atoms with van der Waals surface area (Å²) in [6.07, 6.45) is -22.4. The third-order valence-corrected chi connectivity index (χ3v) is 2.64. The average Bonchev–Trinajstić information content (AvgIpc) is 2.11. The molecule has 0 aromatic heterocycles. The van der Waals surface area contributed by atoms with Crippen molar-refractivity contribution in [2.75, 3.05) is 0 Å². The molecule has 0 saturated carbocycles. The highest BCUT2D eigenvalue weighted by Crippen LogP contribution is 2.47. The number of hydrogen-bond acceptors (Lipinski definition) is 1. The van der Waals surface area contributed by atoms with Crippen LogP contribution in [0.4, 0.5) is 43.9 Å². The minimum atomic E-state index is -6.08. The third kappa shape index (κ3) is 3.67. The van der Waals surface area contributed by atoms with Crippen molar-refractivity contribution >= 4 is 0 Å². The minimum absolute atomic E-state index is 0.136. The van der Waals surface area contributed by atoms with Crippen LogP contribution in [0.25, 0.3) is 0 Å². The molecule has 11 heteroatoms. The van der Waals surface area contributed by atoms with Crippen molar-refractivity contribution in [1.29, 1.82) is 0 Å². The van der Waals surface area contributed by atoms with Gasteiger partial charge in [0.1, 0.15) is 5.60 Å². The summed E-state index contributed by atoms with van der Waals surface area (Å²) in [4.78, 5) is 0. The van der Waals surface area contributed by atoms with E-state index < -0.39 is 35.9 Å². The first-order chi connectivity index (χ1) is 8.36. The first kappa shape index (κ1) is 19.3. The predicted molar refractivity (Wildman–Crippen MR) is 46.6 cm³/mol. The van der Waals surface area contributed by atoms with Gasteiger partial charge >= 0.3 is 18.5 Å². The highest BCUT2D eigenvalue weighted by atomic mass is 19.4. The Bertz CT molecular complexity index is 340. The van der Waals surface area contributed by atoms with Crippen LogP contribution < -0.4 is 0 Å². The van der Waals surface area contributed by atoms with E-state index in [-0.39, 0.29) is 20.8 Å². The Labute approximate surface area is 106 Å². The molecule has 0 aliphatic carbocycles. The van der Waals surface area contributed by atoms with Crippen molar-refractivity contribution in [3.63, 3.8) is 0 Å². The summed E-state index contributed by atoms with van der Waals surface area (Å²) >= 11 is 0. The Hall–Kier alpha value is -0.740. The zero-order chi connectivity index (χ0) is 16.8. The first-order valence-electron chi connectivity index (χ1n) is 4.90. The maximum Gasteiger partial charge on any atom is 0.428 e. The monoisotopic (exact) mass is 324 g/mol. The van der Waals surface area contributed by atoms with Crippen LogP contribution >= 0.6 is 0 Å². The Kier molecular flexibility index (Phi) is 4.74. The molecule has 122 valence electrons. The summed E-state index contributed by atoms with van der Waals surface area (Å²) in [7, 11) is 0. The molecule has 0 spiro atoms. The molecule has 0 N–H and O–H groups in total. The van der Waals surface area contributed by atoms with Gasteiger partial charge in [-0.15, -0.1) is 0 Å². The molecule has 0 amide bonds. The number of hydrogen-bond donors (Lipinski definition) is 0. The van der Waals surface area contributed by atoms with Gasteiger partial charge in [0.25, 0.3) is 6.17 Å². The van der Waals surface area contributed by atoms with Crippen LogP contribution in [-0.4, -0.2) is 35.9 Å². The standard InChI is InChI=1S/C9H10F10O/c1-5(2,6(3,11)9(17,18)19)20-8(15,16)4(10)7(12,13)14/h4H,1-3H3. The van der Waals surface area contributed by atoms with E-state index in [2.05, 4.69) is 4.74 Å². The molecule has 0 bridgehead atoms. The molecule has 20 heavy (non-hydrogen) atoms. The normalized spacial score (nSPS) is 19.6. The van der Waals surface area contributed by atoms with E-state index in [4.69, 9.17) is 0 Å². The van der Waals surface area contributed by atoms with E-state index in [1.807, 2.05) is 0 Å². The van der Waals surface area contributed by atoms with Gasteiger partial charge < -0.3 is 4.74 Å². The molecule has 0 saturated heterocycles. The lowest BCUT2D eigenvalue weighted by molar-refractivity contribution is -0.392. The summed E-state index contributed by atoms with van der Waals surface area (Å²) in [5.41, 5.74) is -7.90. The molecule has 0 aliphatic heterocycles. The topological polar surface area (TPSA) is 9.23 Å². The lowest BCUT2D eigenvalue weighted by atomic mass is 9.88. The molecular formula is C9H10F10O. The first-order valence-corrected chi connectivity index (χ1v) is 4.90. The molecule has 0 rings (SSSR count). The summed E-state index contributed by atoms with van der Waals surface area (Å²) in [5.74, 6) is 0. The Morgan fingerprint density at radius 1 is 0.750 bits per heavy atom.